The molecule has 3 rings (SSSR count). The van der Waals surface area contributed by atoms with E-state index in [0.717, 1.165) is 5.52 Å². The fraction of sp³-hybridized carbons (Fsp3) is 0.118. The van der Waals surface area contributed by atoms with E-state index < -0.39 is 0 Å². The summed E-state index contributed by atoms with van der Waals surface area (Å²) < 4.78 is 10.5. The maximum absolute atomic E-state index is 11.8. The number of nitrogens with one attached hydrogen (secondary N) is 1. The molecule has 0 saturated heterocycles. The van der Waals surface area contributed by atoms with Crippen LogP contribution in [0.1, 0.15) is 5.56 Å². The number of amides is 1. The molecule has 128 valence electrons. The molecule has 0 aliphatic rings. The lowest BCUT2D eigenvalue weighted by atomic mass is 10.2. The van der Waals surface area contributed by atoms with Crippen LogP contribution in [0.4, 0.5) is 0 Å². The molecule has 1 heterocycles. The number of hydrogen-bond acceptors (Lipinski definition) is 7. The second-order valence-corrected chi connectivity index (χ2v) is 5.85. The van der Waals surface area contributed by atoms with Crippen molar-refractivity contribution in [1.29, 1.82) is 0 Å². The number of methoxy groups -OCH3 is 1. The predicted octanol–water partition coefficient (Wildman–Crippen LogP) is 2.78. The monoisotopic (exact) mass is 357 g/mol. The van der Waals surface area contributed by atoms with Crippen LogP contribution in [0.25, 0.3) is 11.1 Å². The van der Waals surface area contributed by atoms with Crippen LogP contribution in [0.15, 0.2) is 57.2 Å². The molecule has 0 saturated carbocycles. The van der Waals surface area contributed by atoms with Gasteiger partial charge in [0.1, 0.15) is 5.52 Å². The Bertz CT molecular complexity index is 890. The fourth-order valence-corrected chi connectivity index (χ4v) is 2.69. The molecule has 7 nitrogen and oxygen atoms in total. The van der Waals surface area contributed by atoms with Gasteiger partial charge in [-0.25, -0.2) is 10.4 Å². The average Bonchev–Trinajstić information content (AvgIpc) is 3.04. The third-order valence-electron chi connectivity index (χ3n) is 3.24. The molecule has 0 radical (unpaired) electrons. The number of aromatic hydroxyl groups is 1. The standard InChI is InChI=1S/C17H15N3O4S/c1-23-14-8-4-5-11(16(14)22)9-18-20-15(21)10-25-17-19-12-6-2-3-7-13(12)24-17/h2-9,22H,10H2,1H3,(H,20,21)/b18-9-. The van der Waals surface area contributed by atoms with Crippen LogP contribution >= 0.6 is 11.8 Å². The first kappa shape index (κ1) is 16.8. The van der Waals surface area contributed by atoms with E-state index in [-0.39, 0.29) is 17.4 Å². The number of ether oxygens (including phenoxy) is 1. The van der Waals surface area contributed by atoms with Crippen LogP contribution in [-0.2, 0) is 4.79 Å². The third kappa shape index (κ3) is 4.10. The smallest absolute Gasteiger partial charge is 0.257 e. The van der Waals surface area contributed by atoms with Gasteiger partial charge in [-0.3, -0.25) is 4.79 Å². The number of fused-ring (bicyclic) bond motifs is 1. The highest BCUT2D eigenvalue weighted by Crippen LogP contribution is 2.28. The Morgan fingerprint density at radius 3 is 3.00 bits per heavy atom. The second kappa shape index (κ2) is 7.71. The van der Waals surface area contributed by atoms with Crippen molar-refractivity contribution < 1.29 is 19.1 Å². The minimum Gasteiger partial charge on any atom is -0.504 e. The van der Waals surface area contributed by atoms with E-state index in [4.69, 9.17) is 9.15 Å². The van der Waals surface area contributed by atoms with E-state index in [1.165, 1.54) is 25.1 Å². The number of aromatic nitrogens is 1. The summed E-state index contributed by atoms with van der Waals surface area (Å²) in [6, 6.07) is 12.4. The molecule has 0 spiro atoms. The summed E-state index contributed by atoms with van der Waals surface area (Å²) in [7, 11) is 1.46. The number of carbonyl (C=O) groups is 1. The first-order valence-corrected chi connectivity index (χ1v) is 8.32. The van der Waals surface area contributed by atoms with E-state index in [0.29, 0.717) is 22.1 Å². The van der Waals surface area contributed by atoms with Crippen LogP contribution in [0, 0.1) is 0 Å². The molecule has 25 heavy (non-hydrogen) atoms. The number of carbonyl (C=O) groups excluding carboxylic acids is 1. The Morgan fingerprint density at radius 2 is 2.20 bits per heavy atom. The Balaban J connectivity index is 1.54. The first-order valence-electron chi connectivity index (χ1n) is 7.33. The summed E-state index contributed by atoms with van der Waals surface area (Å²) in [6.45, 7) is 0. The van der Waals surface area contributed by atoms with Crippen LogP contribution in [-0.4, -0.2) is 35.1 Å². The Hall–Kier alpha value is -3.00. The molecule has 0 atom stereocenters. The molecule has 0 bridgehead atoms. The van der Waals surface area contributed by atoms with Crippen molar-refractivity contribution in [2.75, 3.05) is 12.9 Å². The minimum atomic E-state index is -0.314. The summed E-state index contributed by atoms with van der Waals surface area (Å²) in [5.74, 6) is 0.0883. The molecular formula is C17H15N3O4S. The predicted molar refractivity (Wildman–Crippen MR) is 95.1 cm³/mol. The molecule has 1 amide bonds. The van der Waals surface area contributed by atoms with E-state index in [1.807, 2.05) is 24.3 Å². The second-order valence-electron chi connectivity index (χ2n) is 4.93. The Morgan fingerprint density at radius 1 is 1.36 bits per heavy atom. The highest BCUT2D eigenvalue weighted by molar-refractivity contribution is 7.99. The van der Waals surface area contributed by atoms with Gasteiger partial charge in [-0.15, -0.1) is 0 Å². The van der Waals surface area contributed by atoms with Crippen molar-refractivity contribution in [3.63, 3.8) is 0 Å². The van der Waals surface area contributed by atoms with Gasteiger partial charge < -0.3 is 14.3 Å². The van der Waals surface area contributed by atoms with Gasteiger partial charge in [0.25, 0.3) is 11.1 Å². The van der Waals surface area contributed by atoms with Gasteiger partial charge in [0.05, 0.1) is 19.1 Å². The summed E-state index contributed by atoms with van der Waals surface area (Å²) in [5.41, 5.74) is 4.25. The van der Waals surface area contributed by atoms with Gasteiger partial charge >= 0.3 is 0 Å². The summed E-state index contributed by atoms with van der Waals surface area (Å²) in [6.07, 6.45) is 1.35. The van der Waals surface area contributed by atoms with Gasteiger partial charge in [0.2, 0.25) is 0 Å². The van der Waals surface area contributed by atoms with Crippen molar-refractivity contribution >= 4 is 35.0 Å². The van der Waals surface area contributed by atoms with Gasteiger partial charge in [-0.05, 0) is 24.3 Å². The van der Waals surface area contributed by atoms with Crippen molar-refractivity contribution in [1.82, 2.24) is 10.4 Å². The fourth-order valence-electron chi connectivity index (χ4n) is 2.05. The van der Waals surface area contributed by atoms with Crippen molar-refractivity contribution in [2.24, 2.45) is 5.10 Å². The number of phenols is 1. The first-order chi connectivity index (χ1) is 12.2. The number of benzene rings is 2. The topological polar surface area (TPSA) is 97.0 Å². The zero-order chi connectivity index (χ0) is 17.6. The average molecular weight is 357 g/mol. The normalized spacial score (nSPS) is 11.1. The number of thioether (sulfide) groups is 1. The van der Waals surface area contributed by atoms with E-state index in [2.05, 4.69) is 15.5 Å². The Kier molecular flexibility index (Phi) is 5.20. The molecule has 8 heteroatoms. The number of hydrogen-bond donors (Lipinski definition) is 2. The quantitative estimate of drug-likeness (QED) is 0.400. The highest BCUT2D eigenvalue weighted by Gasteiger charge is 2.09. The lowest BCUT2D eigenvalue weighted by Gasteiger charge is -2.04. The highest BCUT2D eigenvalue weighted by atomic mass is 32.2. The molecule has 2 N–H and O–H groups in total. The Labute approximate surface area is 147 Å². The van der Waals surface area contributed by atoms with E-state index in [1.54, 1.807) is 18.2 Å². The van der Waals surface area contributed by atoms with Gasteiger partial charge in [-0.1, -0.05) is 30.0 Å². The van der Waals surface area contributed by atoms with Crippen LogP contribution in [0.3, 0.4) is 0 Å². The van der Waals surface area contributed by atoms with E-state index in [9.17, 15) is 9.90 Å². The lowest BCUT2D eigenvalue weighted by Crippen LogP contribution is -2.19. The van der Waals surface area contributed by atoms with E-state index >= 15 is 0 Å². The number of oxazole rings is 1. The molecular weight excluding hydrogens is 342 g/mol. The number of phenolic OH excluding ortho intramolecular Hbond substituents is 1. The molecule has 0 unspecified atom stereocenters. The summed E-state index contributed by atoms with van der Waals surface area (Å²) in [4.78, 5) is 16.1. The third-order valence-corrected chi connectivity index (χ3v) is 4.07. The molecule has 0 fully saturated rings. The molecule has 3 aromatic rings. The number of hydrazone groups is 1. The number of nitrogens with zero attached hydrogens (tertiary/aromatic N) is 2. The largest absolute Gasteiger partial charge is 0.504 e. The molecule has 1 aromatic heterocycles. The summed E-state index contributed by atoms with van der Waals surface area (Å²) >= 11 is 1.18. The lowest BCUT2D eigenvalue weighted by molar-refractivity contribution is -0.118. The maximum atomic E-state index is 11.8. The molecule has 0 aliphatic heterocycles. The molecule has 2 aromatic carbocycles. The minimum absolute atomic E-state index is 0.0381. The molecule has 0 aliphatic carbocycles. The van der Waals surface area contributed by atoms with Crippen LogP contribution < -0.4 is 10.2 Å². The van der Waals surface area contributed by atoms with Crippen molar-refractivity contribution in [3.8, 4) is 11.5 Å². The zero-order valence-corrected chi connectivity index (χ0v) is 14.1. The number of para-hydroxylation sites is 3. The van der Waals surface area contributed by atoms with Crippen molar-refractivity contribution in [3.05, 3.63) is 48.0 Å². The maximum Gasteiger partial charge on any atom is 0.257 e. The van der Waals surface area contributed by atoms with Crippen molar-refractivity contribution in [2.45, 2.75) is 5.22 Å². The van der Waals surface area contributed by atoms with Gasteiger partial charge in [0.15, 0.2) is 17.1 Å². The zero-order valence-electron chi connectivity index (χ0n) is 13.3. The van der Waals surface area contributed by atoms with Crippen LogP contribution in [0.5, 0.6) is 11.5 Å². The number of rotatable bonds is 6. The summed E-state index contributed by atoms with van der Waals surface area (Å²) in [5, 5.41) is 14.2. The SMILES string of the molecule is COc1cccc(/C=N\NC(=O)CSc2nc3ccccc3o2)c1O. The van der Waals surface area contributed by atoms with Crippen LogP contribution in [0.2, 0.25) is 0 Å². The van der Waals surface area contributed by atoms with Gasteiger partial charge in [0, 0.05) is 5.56 Å². The van der Waals surface area contributed by atoms with Gasteiger partial charge in [-0.2, -0.15) is 5.10 Å².